The lowest BCUT2D eigenvalue weighted by atomic mass is 10.2. The van der Waals surface area contributed by atoms with Crippen molar-refractivity contribution in [2.75, 3.05) is 27.4 Å². The predicted molar refractivity (Wildman–Crippen MR) is 66.7 cm³/mol. The second kappa shape index (κ2) is 6.58. The number of hydroxylamine groups is 1. The first kappa shape index (κ1) is 13.1. The topological polar surface area (TPSA) is 49.0 Å². The summed E-state index contributed by atoms with van der Waals surface area (Å²) in [7, 11) is 3.23. The number of hydrogen-bond donors (Lipinski definition) is 1. The Labute approximate surface area is 107 Å². The lowest BCUT2D eigenvalue weighted by molar-refractivity contribution is 0.0865. The van der Waals surface area contributed by atoms with Crippen LogP contribution in [-0.2, 0) is 16.1 Å². The SMILES string of the molecule is CONCc1ccc(OC)c(OC2CCOC2)c1. The van der Waals surface area contributed by atoms with Crippen LogP contribution in [0.3, 0.4) is 0 Å². The minimum atomic E-state index is 0.115. The zero-order chi connectivity index (χ0) is 12.8. The summed E-state index contributed by atoms with van der Waals surface area (Å²) in [6, 6.07) is 5.84. The van der Waals surface area contributed by atoms with Gasteiger partial charge in [-0.1, -0.05) is 6.07 Å². The average Bonchev–Trinajstić information content (AvgIpc) is 2.89. The molecule has 1 atom stereocenters. The lowest BCUT2D eigenvalue weighted by Crippen LogP contribution is -2.17. The molecule has 1 saturated heterocycles. The highest BCUT2D eigenvalue weighted by molar-refractivity contribution is 5.43. The Morgan fingerprint density at radius 3 is 2.89 bits per heavy atom. The van der Waals surface area contributed by atoms with Crippen molar-refractivity contribution in [1.82, 2.24) is 5.48 Å². The molecular weight excluding hydrogens is 234 g/mol. The summed E-state index contributed by atoms with van der Waals surface area (Å²) in [6.07, 6.45) is 1.04. The van der Waals surface area contributed by atoms with Gasteiger partial charge in [-0.05, 0) is 17.7 Å². The number of benzene rings is 1. The van der Waals surface area contributed by atoms with Crippen molar-refractivity contribution in [3.8, 4) is 11.5 Å². The van der Waals surface area contributed by atoms with E-state index in [9.17, 15) is 0 Å². The van der Waals surface area contributed by atoms with Gasteiger partial charge in [0, 0.05) is 13.0 Å². The molecule has 1 aromatic rings. The smallest absolute Gasteiger partial charge is 0.162 e. The molecule has 0 saturated carbocycles. The fraction of sp³-hybridized carbons (Fsp3) is 0.538. The average molecular weight is 253 g/mol. The monoisotopic (exact) mass is 253 g/mol. The number of nitrogens with one attached hydrogen (secondary N) is 1. The molecule has 1 N–H and O–H groups in total. The largest absolute Gasteiger partial charge is 0.493 e. The maximum absolute atomic E-state index is 5.90. The molecule has 1 heterocycles. The third kappa shape index (κ3) is 3.35. The minimum Gasteiger partial charge on any atom is -0.493 e. The molecule has 0 bridgehead atoms. The fourth-order valence-electron chi connectivity index (χ4n) is 1.86. The van der Waals surface area contributed by atoms with E-state index in [0.717, 1.165) is 30.1 Å². The molecule has 0 radical (unpaired) electrons. The highest BCUT2D eigenvalue weighted by Gasteiger charge is 2.19. The second-order valence-corrected chi connectivity index (χ2v) is 4.11. The molecule has 1 aliphatic rings. The van der Waals surface area contributed by atoms with Gasteiger partial charge in [-0.15, -0.1) is 0 Å². The van der Waals surface area contributed by atoms with Gasteiger partial charge in [0.15, 0.2) is 11.5 Å². The van der Waals surface area contributed by atoms with Crippen LogP contribution in [0.2, 0.25) is 0 Å². The molecule has 2 rings (SSSR count). The molecule has 0 aromatic heterocycles. The molecular formula is C13H19NO4. The van der Waals surface area contributed by atoms with E-state index in [1.54, 1.807) is 14.2 Å². The van der Waals surface area contributed by atoms with Gasteiger partial charge in [-0.25, -0.2) is 0 Å². The Balaban J connectivity index is 2.08. The van der Waals surface area contributed by atoms with Crippen molar-refractivity contribution >= 4 is 0 Å². The quantitative estimate of drug-likeness (QED) is 0.779. The van der Waals surface area contributed by atoms with Crippen LogP contribution in [-0.4, -0.2) is 33.5 Å². The maximum Gasteiger partial charge on any atom is 0.162 e. The summed E-state index contributed by atoms with van der Waals surface area (Å²) >= 11 is 0. The van der Waals surface area contributed by atoms with Crippen molar-refractivity contribution in [2.45, 2.75) is 19.1 Å². The van der Waals surface area contributed by atoms with Gasteiger partial charge in [0.25, 0.3) is 0 Å². The Kier molecular flexibility index (Phi) is 4.81. The Morgan fingerprint density at radius 1 is 1.33 bits per heavy atom. The Morgan fingerprint density at radius 2 is 2.22 bits per heavy atom. The predicted octanol–water partition coefficient (Wildman–Crippen LogP) is 1.51. The zero-order valence-corrected chi connectivity index (χ0v) is 10.8. The molecule has 1 aliphatic heterocycles. The van der Waals surface area contributed by atoms with Crippen LogP contribution in [0, 0.1) is 0 Å². The first-order valence-corrected chi connectivity index (χ1v) is 6.00. The molecule has 100 valence electrons. The van der Waals surface area contributed by atoms with Gasteiger partial charge in [0.2, 0.25) is 0 Å². The third-order valence-corrected chi connectivity index (χ3v) is 2.83. The van der Waals surface area contributed by atoms with Crippen LogP contribution in [0.5, 0.6) is 11.5 Å². The van der Waals surface area contributed by atoms with E-state index in [1.165, 1.54) is 0 Å². The second-order valence-electron chi connectivity index (χ2n) is 4.11. The number of ether oxygens (including phenoxy) is 3. The van der Waals surface area contributed by atoms with E-state index < -0.39 is 0 Å². The van der Waals surface area contributed by atoms with Gasteiger partial charge in [0.05, 0.1) is 27.4 Å². The normalized spacial score (nSPS) is 18.9. The molecule has 0 aliphatic carbocycles. The van der Waals surface area contributed by atoms with Crippen molar-refractivity contribution in [3.63, 3.8) is 0 Å². The molecule has 1 aromatic carbocycles. The van der Waals surface area contributed by atoms with Crippen LogP contribution in [0.4, 0.5) is 0 Å². The summed E-state index contributed by atoms with van der Waals surface area (Å²) in [4.78, 5) is 4.83. The highest BCUT2D eigenvalue weighted by atomic mass is 16.6. The van der Waals surface area contributed by atoms with Gasteiger partial charge >= 0.3 is 0 Å². The molecule has 5 nitrogen and oxygen atoms in total. The van der Waals surface area contributed by atoms with E-state index in [1.807, 2.05) is 18.2 Å². The van der Waals surface area contributed by atoms with E-state index in [2.05, 4.69) is 5.48 Å². The highest BCUT2D eigenvalue weighted by Crippen LogP contribution is 2.30. The standard InChI is InChI=1S/C13H19NO4/c1-15-12-4-3-10(8-14-16-2)7-13(12)18-11-5-6-17-9-11/h3-4,7,11,14H,5-6,8-9H2,1-2H3. The van der Waals surface area contributed by atoms with Crippen LogP contribution < -0.4 is 15.0 Å². The molecule has 1 fully saturated rings. The van der Waals surface area contributed by atoms with Crippen LogP contribution in [0.1, 0.15) is 12.0 Å². The van der Waals surface area contributed by atoms with E-state index in [4.69, 9.17) is 19.0 Å². The Hall–Kier alpha value is -1.30. The van der Waals surface area contributed by atoms with E-state index >= 15 is 0 Å². The zero-order valence-electron chi connectivity index (χ0n) is 10.8. The van der Waals surface area contributed by atoms with E-state index in [0.29, 0.717) is 13.2 Å². The molecule has 5 heteroatoms. The van der Waals surface area contributed by atoms with Crippen LogP contribution >= 0.6 is 0 Å². The molecule has 0 spiro atoms. The van der Waals surface area contributed by atoms with Crippen LogP contribution in [0.15, 0.2) is 18.2 Å². The summed E-state index contributed by atoms with van der Waals surface area (Å²) in [5, 5.41) is 0. The van der Waals surface area contributed by atoms with Crippen LogP contribution in [0.25, 0.3) is 0 Å². The molecule has 1 unspecified atom stereocenters. The molecule has 0 amide bonds. The Bertz CT molecular complexity index is 377. The molecule has 18 heavy (non-hydrogen) atoms. The van der Waals surface area contributed by atoms with Crippen molar-refractivity contribution in [2.24, 2.45) is 0 Å². The van der Waals surface area contributed by atoms with Gasteiger partial charge < -0.3 is 19.0 Å². The van der Waals surface area contributed by atoms with Crippen molar-refractivity contribution in [3.05, 3.63) is 23.8 Å². The van der Waals surface area contributed by atoms with Crippen molar-refractivity contribution in [1.29, 1.82) is 0 Å². The number of rotatable bonds is 6. The summed E-state index contributed by atoms with van der Waals surface area (Å²) in [5.41, 5.74) is 3.88. The minimum absolute atomic E-state index is 0.115. The van der Waals surface area contributed by atoms with Gasteiger partial charge in [-0.3, -0.25) is 0 Å². The summed E-state index contributed by atoms with van der Waals surface area (Å²) < 4.78 is 16.5. The maximum atomic E-state index is 5.90. The van der Waals surface area contributed by atoms with Gasteiger partial charge in [-0.2, -0.15) is 5.48 Å². The fourth-order valence-corrected chi connectivity index (χ4v) is 1.86. The first-order valence-electron chi connectivity index (χ1n) is 6.00. The summed E-state index contributed by atoms with van der Waals surface area (Å²) in [6.45, 7) is 2.03. The summed E-state index contributed by atoms with van der Waals surface area (Å²) in [5.74, 6) is 1.49. The first-order chi connectivity index (χ1) is 8.83. The van der Waals surface area contributed by atoms with E-state index in [-0.39, 0.29) is 6.10 Å². The lowest BCUT2D eigenvalue weighted by Gasteiger charge is -2.16. The number of methoxy groups -OCH3 is 1. The van der Waals surface area contributed by atoms with Gasteiger partial charge in [0.1, 0.15) is 6.10 Å². The number of hydrogen-bond acceptors (Lipinski definition) is 5. The van der Waals surface area contributed by atoms with Crippen molar-refractivity contribution < 1.29 is 19.0 Å². The third-order valence-electron chi connectivity index (χ3n) is 2.83.